The van der Waals surface area contributed by atoms with Gasteiger partial charge < -0.3 is 5.32 Å². The van der Waals surface area contributed by atoms with Crippen molar-refractivity contribution in [3.8, 4) is 0 Å². The molecule has 2 rings (SSSR count). The van der Waals surface area contributed by atoms with Gasteiger partial charge in [-0.1, -0.05) is 43.7 Å². The summed E-state index contributed by atoms with van der Waals surface area (Å²) in [5.74, 6) is -1.97. The van der Waals surface area contributed by atoms with E-state index in [1.54, 1.807) is 0 Å². The van der Waals surface area contributed by atoms with Crippen LogP contribution in [0.2, 0.25) is 0 Å². The molecule has 0 heterocycles. The minimum atomic E-state index is -0.890. The van der Waals surface area contributed by atoms with Crippen LogP contribution in [0, 0.1) is 30.0 Å². The molecule has 0 spiro atoms. The Kier molecular flexibility index (Phi) is 7.97. The van der Waals surface area contributed by atoms with Gasteiger partial charge in [0.1, 0.15) is 5.82 Å². The number of hydrogen-bond donors (Lipinski definition) is 1. The van der Waals surface area contributed by atoms with E-state index in [9.17, 15) is 13.6 Å². The first-order chi connectivity index (χ1) is 11.3. The van der Waals surface area contributed by atoms with Gasteiger partial charge in [0, 0.05) is 27.1 Å². The topological polar surface area (TPSA) is 29.1 Å². The smallest absolute Gasteiger partial charge is 0.230 e. The Morgan fingerprint density at radius 1 is 1.12 bits per heavy atom. The minimum Gasteiger partial charge on any atom is -0.323 e. The van der Waals surface area contributed by atoms with Crippen molar-refractivity contribution in [1.82, 2.24) is 0 Å². The molecule has 2 aromatic carbocycles. The largest absolute Gasteiger partial charge is 0.323 e. The van der Waals surface area contributed by atoms with Crippen molar-refractivity contribution in [2.24, 2.45) is 5.41 Å². The number of anilines is 1. The number of benzene rings is 2. The number of carbonyl (C=O) groups excluding carboxylic acids is 1. The molecule has 25 heavy (non-hydrogen) atoms. The fourth-order valence-electron chi connectivity index (χ4n) is 2.43. The standard InChI is InChI=1S/C20H22F2NO.Ti/c1-14-6-8-15(9-7-14)5-4-12-20(2,3)19(24)23-18-11-10-16(21)13-17(18)22;/h6-11H,4-5,12H2,1-3H3,(H,23,24);. The van der Waals surface area contributed by atoms with Crippen LogP contribution in [0.5, 0.6) is 0 Å². The van der Waals surface area contributed by atoms with E-state index in [4.69, 9.17) is 0 Å². The maximum atomic E-state index is 13.6. The summed E-state index contributed by atoms with van der Waals surface area (Å²) in [6, 6.07) is 12.5. The summed E-state index contributed by atoms with van der Waals surface area (Å²) >= 11 is 0. The molecule has 0 fully saturated rings. The second kappa shape index (κ2) is 9.26. The number of amides is 1. The number of nitrogens with one attached hydrogen (secondary N) is 1. The van der Waals surface area contributed by atoms with Crippen molar-refractivity contribution < 1.29 is 35.3 Å². The molecule has 0 saturated carbocycles. The third-order valence-electron chi connectivity index (χ3n) is 4.11. The van der Waals surface area contributed by atoms with Crippen LogP contribution in [0.3, 0.4) is 0 Å². The van der Waals surface area contributed by atoms with E-state index in [1.165, 1.54) is 17.2 Å². The van der Waals surface area contributed by atoms with E-state index in [2.05, 4.69) is 29.6 Å². The Morgan fingerprint density at radius 3 is 2.36 bits per heavy atom. The van der Waals surface area contributed by atoms with Crippen molar-refractivity contribution in [2.45, 2.75) is 40.0 Å². The van der Waals surface area contributed by atoms with Crippen LogP contribution in [-0.4, -0.2) is 5.91 Å². The van der Waals surface area contributed by atoms with Gasteiger partial charge >= 0.3 is 0 Å². The Hall–Kier alpha value is -1.52. The molecule has 0 unspecified atom stereocenters. The molecule has 0 aromatic heterocycles. The first-order valence-corrected chi connectivity index (χ1v) is 8.02. The quantitative estimate of drug-likeness (QED) is 0.700. The van der Waals surface area contributed by atoms with Gasteiger partial charge in [0.25, 0.3) is 0 Å². The van der Waals surface area contributed by atoms with Crippen LogP contribution < -0.4 is 5.32 Å². The van der Waals surface area contributed by atoms with Crippen LogP contribution in [0.15, 0.2) is 36.4 Å². The first-order valence-electron chi connectivity index (χ1n) is 8.02. The Labute approximate surface area is 162 Å². The number of halogens is 2. The number of hydrogen-bond acceptors (Lipinski definition) is 1. The number of rotatable bonds is 6. The third kappa shape index (κ3) is 6.37. The predicted octanol–water partition coefficient (Wildman–Crippen LogP) is 5.06. The predicted molar refractivity (Wildman–Crippen MR) is 91.7 cm³/mol. The average Bonchev–Trinajstić information content (AvgIpc) is 2.52. The molecule has 2 nitrogen and oxygen atoms in total. The fourth-order valence-corrected chi connectivity index (χ4v) is 2.43. The van der Waals surface area contributed by atoms with Crippen LogP contribution in [0.1, 0.15) is 37.8 Å². The monoisotopic (exact) mass is 378 g/mol. The molecule has 0 atom stereocenters. The summed E-state index contributed by atoms with van der Waals surface area (Å²) in [5, 5.41) is 2.52. The molecular formula is C20H22F2NOTi. The van der Waals surface area contributed by atoms with E-state index < -0.39 is 17.0 Å². The van der Waals surface area contributed by atoms with E-state index in [-0.39, 0.29) is 33.3 Å². The Bertz CT molecular complexity index is 714. The summed E-state index contributed by atoms with van der Waals surface area (Å²) in [6.07, 6.45) is 2.40. The summed E-state index contributed by atoms with van der Waals surface area (Å²) < 4.78 is 26.5. The Balaban J connectivity index is 0.00000312. The molecule has 1 radical (unpaired) electrons. The van der Waals surface area contributed by atoms with Crippen LogP contribution in [0.25, 0.3) is 0 Å². The van der Waals surface area contributed by atoms with Crippen molar-refractivity contribution in [1.29, 1.82) is 0 Å². The summed E-state index contributed by atoms with van der Waals surface area (Å²) in [5.41, 5.74) is 1.76. The minimum absolute atomic E-state index is 0. The van der Waals surface area contributed by atoms with E-state index in [0.717, 1.165) is 18.9 Å². The molecule has 0 aliphatic rings. The maximum absolute atomic E-state index is 13.6. The normalized spacial score (nSPS) is 10.9. The van der Waals surface area contributed by atoms with Gasteiger partial charge in [0.15, 0.2) is 5.82 Å². The van der Waals surface area contributed by atoms with Gasteiger partial charge in [0.2, 0.25) is 5.91 Å². The molecule has 1 N–H and O–H groups in total. The zero-order chi connectivity index (χ0) is 17.7. The first kappa shape index (κ1) is 21.5. The summed E-state index contributed by atoms with van der Waals surface area (Å²) in [7, 11) is 0. The van der Waals surface area contributed by atoms with Gasteiger partial charge in [-0.2, -0.15) is 0 Å². The van der Waals surface area contributed by atoms with Crippen molar-refractivity contribution in [2.75, 3.05) is 5.32 Å². The molecule has 0 aliphatic heterocycles. The van der Waals surface area contributed by atoms with Gasteiger partial charge in [-0.15, -0.1) is 0 Å². The summed E-state index contributed by atoms with van der Waals surface area (Å²) in [6.45, 7) is 5.69. The van der Waals surface area contributed by atoms with Crippen molar-refractivity contribution >= 4 is 11.6 Å². The molecule has 0 aliphatic carbocycles. The second-order valence-electron chi connectivity index (χ2n) is 6.71. The Morgan fingerprint density at radius 2 is 1.76 bits per heavy atom. The molecule has 0 saturated heterocycles. The molecule has 2 aromatic rings. The van der Waals surface area contributed by atoms with Crippen molar-refractivity contribution in [3.05, 3.63) is 65.2 Å². The zero-order valence-electron chi connectivity index (χ0n) is 14.7. The van der Waals surface area contributed by atoms with Crippen molar-refractivity contribution in [3.63, 3.8) is 0 Å². The molecule has 131 valence electrons. The number of carbonyl (C=O) groups is 1. The molecule has 1 amide bonds. The van der Waals surface area contributed by atoms with Crippen LogP contribution in [-0.2, 0) is 32.9 Å². The van der Waals surface area contributed by atoms with E-state index in [1.807, 2.05) is 26.8 Å². The zero-order valence-corrected chi connectivity index (χ0v) is 16.3. The van der Waals surface area contributed by atoms with Gasteiger partial charge in [-0.3, -0.25) is 4.79 Å². The molecule has 0 bridgehead atoms. The van der Waals surface area contributed by atoms with Gasteiger partial charge in [-0.05, 0) is 43.9 Å². The summed E-state index contributed by atoms with van der Waals surface area (Å²) in [4.78, 5) is 12.4. The van der Waals surface area contributed by atoms with E-state index in [0.29, 0.717) is 6.42 Å². The van der Waals surface area contributed by atoms with Crippen LogP contribution in [0.4, 0.5) is 14.5 Å². The van der Waals surface area contributed by atoms with E-state index >= 15 is 0 Å². The van der Waals surface area contributed by atoms with Gasteiger partial charge in [0.05, 0.1) is 11.8 Å². The van der Waals surface area contributed by atoms with Crippen LogP contribution >= 0.6 is 0 Å². The third-order valence-corrected chi connectivity index (χ3v) is 4.11. The average molecular weight is 378 g/mol. The maximum Gasteiger partial charge on any atom is 0.230 e. The SMILES string of the molecule is Cc1ccc(CCCC(C)(C)C(=O)Nc2ccc(F)[c]c2F)cc1.[Ti]. The molecular weight excluding hydrogens is 356 g/mol. The van der Waals surface area contributed by atoms with Gasteiger partial charge in [-0.25, -0.2) is 8.78 Å². The number of aryl methyl sites for hydroxylation is 2. The molecule has 5 heteroatoms. The second-order valence-corrected chi connectivity index (χ2v) is 6.71. The fraction of sp³-hybridized carbons (Fsp3) is 0.350.